The molecule has 1 aliphatic heterocycles. The number of hydrogen-bond donors (Lipinski definition) is 2. The summed E-state index contributed by atoms with van der Waals surface area (Å²) in [6.45, 7) is 4.67. The minimum Gasteiger partial charge on any atom is -0.409 e. The molecule has 1 saturated heterocycles. The molecule has 0 radical (unpaired) electrons. The Balaban J connectivity index is 2.82. The van der Waals surface area contributed by atoms with Crippen LogP contribution in [-0.2, 0) is 9.59 Å². The van der Waals surface area contributed by atoms with Gasteiger partial charge in [0, 0.05) is 20.1 Å². The van der Waals surface area contributed by atoms with E-state index in [2.05, 4.69) is 5.16 Å². The lowest BCUT2D eigenvalue weighted by Crippen LogP contribution is -2.54. The number of carbonyl (C=O) groups is 2. The maximum atomic E-state index is 12.3. The molecule has 7 nitrogen and oxygen atoms in total. The van der Waals surface area contributed by atoms with Crippen molar-refractivity contribution < 1.29 is 14.8 Å². The summed E-state index contributed by atoms with van der Waals surface area (Å²) < 4.78 is 0. The molecule has 0 aliphatic carbocycles. The highest BCUT2D eigenvalue weighted by molar-refractivity contribution is 6.03. The fraction of sp³-hybridized carbons (Fsp3) is 0.727. The van der Waals surface area contributed by atoms with Crippen LogP contribution in [0.5, 0.6) is 0 Å². The van der Waals surface area contributed by atoms with E-state index in [1.54, 1.807) is 11.9 Å². The standard InChI is InChI=1S/C11H20N4O3/c1-7(2)9(10(12)13-18)11(17)15-5-4-14(3)8(16)6-15/h7,9,18H,4-6H2,1-3H3,(H2,12,13). The van der Waals surface area contributed by atoms with Gasteiger partial charge in [0.05, 0.1) is 6.54 Å². The molecule has 0 saturated carbocycles. The van der Waals surface area contributed by atoms with Crippen molar-refractivity contribution in [1.82, 2.24) is 9.80 Å². The summed E-state index contributed by atoms with van der Waals surface area (Å²) >= 11 is 0. The van der Waals surface area contributed by atoms with Gasteiger partial charge in [-0.1, -0.05) is 19.0 Å². The molecule has 1 unspecified atom stereocenters. The van der Waals surface area contributed by atoms with Gasteiger partial charge in [-0.05, 0) is 5.92 Å². The zero-order valence-electron chi connectivity index (χ0n) is 11.0. The van der Waals surface area contributed by atoms with Crippen LogP contribution in [0.4, 0.5) is 0 Å². The molecule has 0 aromatic carbocycles. The number of carbonyl (C=O) groups excluding carboxylic acids is 2. The Morgan fingerprint density at radius 1 is 1.44 bits per heavy atom. The molecular weight excluding hydrogens is 236 g/mol. The van der Waals surface area contributed by atoms with Crippen molar-refractivity contribution in [2.24, 2.45) is 22.7 Å². The van der Waals surface area contributed by atoms with Crippen LogP contribution in [0, 0.1) is 11.8 Å². The van der Waals surface area contributed by atoms with Gasteiger partial charge in [-0.15, -0.1) is 0 Å². The number of likely N-dealkylation sites (N-methyl/N-ethyl adjacent to an activating group) is 1. The van der Waals surface area contributed by atoms with E-state index in [1.165, 1.54) is 4.90 Å². The molecule has 2 amide bonds. The molecular formula is C11H20N4O3. The third-order valence-electron chi connectivity index (χ3n) is 3.14. The predicted molar refractivity (Wildman–Crippen MR) is 66.0 cm³/mol. The second-order valence-electron chi connectivity index (χ2n) is 4.82. The smallest absolute Gasteiger partial charge is 0.241 e. The lowest BCUT2D eigenvalue weighted by atomic mass is 9.93. The summed E-state index contributed by atoms with van der Waals surface area (Å²) in [5, 5.41) is 11.6. The van der Waals surface area contributed by atoms with E-state index in [4.69, 9.17) is 10.9 Å². The van der Waals surface area contributed by atoms with Crippen molar-refractivity contribution in [2.75, 3.05) is 26.7 Å². The Labute approximate surface area is 106 Å². The van der Waals surface area contributed by atoms with E-state index in [-0.39, 0.29) is 30.1 Å². The van der Waals surface area contributed by atoms with Crippen LogP contribution in [0.25, 0.3) is 0 Å². The van der Waals surface area contributed by atoms with Crippen molar-refractivity contribution >= 4 is 17.6 Å². The Morgan fingerprint density at radius 2 is 2.06 bits per heavy atom. The SMILES string of the molecule is CC(C)C(C(=O)N1CCN(C)C(=O)C1)C(N)=NO. The van der Waals surface area contributed by atoms with Crippen molar-refractivity contribution in [1.29, 1.82) is 0 Å². The first-order valence-corrected chi connectivity index (χ1v) is 5.88. The predicted octanol–water partition coefficient (Wildman–Crippen LogP) is -0.694. The number of nitrogens with zero attached hydrogens (tertiary/aromatic N) is 3. The number of oxime groups is 1. The topological polar surface area (TPSA) is 99.2 Å². The van der Waals surface area contributed by atoms with Gasteiger partial charge < -0.3 is 20.7 Å². The van der Waals surface area contributed by atoms with Gasteiger partial charge in [-0.25, -0.2) is 0 Å². The quantitative estimate of drug-likeness (QED) is 0.302. The van der Waals surface area contributed by atoms with Crippen LogP contribution in [-0.4, -0.2) is 59.3 Å². The Bertz CT molecular complexity index is 367. The average molecular weight is 256 g/mol. The van der Waals surface area contributed by atoms with Gasteiger partial charge in [0.15, 0.2) is 5.84 Å². The number of nitrogens with two attached hydrogens (primary N) is 1. The van der Waals surface area contributed by atoms with E-state index in [0.717, 1.165) is 0 Å². The highest BCUT2D eigenvalue weighted by Gasteiger charge is 2.34. The molecule has 0 aromatic heterocycles. The number of amides is 2. The summed E-state index contributed by atoms with van der Waals surface area (Å²) in [7, 11) is 1.70. The molecule has 1 aliphatic rings. The van der Waals surface area contributed by atoms with E-state index in [1.807, 2.05) is 13.8 Å². The van der Waals surface area contributed by atoms with E-state index in [9.17, 15) is 9.59 Å². The lowest BCUT2D eigenvalue weighted by molar-refractivity contribution is -0.146. The Morgan fingerprint density at radius 3 is 2.50 bits per heavy atom. The van der Waals surface area contributed by atoms with Crippen LogP contribution in [0.15, 0.2) is 5.16 Å². The normalized spacial score (nSPS) is 19.3. The summed E-state index contributed by atoms with van der Waals surface area (Å²) in [6, 6.07) is 0. The Hall–Kier alpha value is -1.79. The third kappa shape index (κ3) is 2.91. The number of piperazine rings is 1. The van der Waals surface area contributed by atoms with Crippen LogP contribution >= 0.6 is 0 Å². The van der Waals surface area contributed by atoms with E-state index in [0.29, 0.717) is 13.1 Å². The highest BCUT2D eigenvalue weighted by Crippen LogP contribution is 2.16. The molecule has 3 N–H and O–H groups in total. The number of amidine groups is 1. The molecule has 0 bridgehead atoms. The molecule has 0 aromatic rings. The number of rotatable bonds is 3. The Kier molecular flexibility index (Phi) is 4.52. The van der Waals surface area contributed by atoms with Crippen LogP contribution in [0.3, 0.4) is 0 Å². The first-order valence-electron chi connectivity index (χ1n) is 5.88. The first-order chi connectivity index (χ1) is 8.38. The van der Waals surface area contributed by atoms with Gasteiger partial charge in [-0.3, -0.25) is 9.59 Å². The first kappa shape index (κ1) is 14.3. The minimum atomic E-state index is -0.689. The van der Waals surface area contributed by atoms with Crippen LogP contribution in [0.1, 0.15) is 13.8 Å². The minimum absolute atomic E-state index is 0.0528. The second-order valence-corrected chi connectivity index (χ2v) is 4.82. The van der Waals surface area contributed by atoms with Crippen molar-refractivity contribution in [3.8, 4) is 0 Å². The van der Waals surface area contributed by atoms with Crippen LogP contribution in [0.2, 0.25) is 0 Å². The molecule has 102 valence electrons. The van der Waals surface area contributed by atoms with Gasteiger partial charge in [-0.2, -0.15) is 0 Å². The lowest BCUT2D eigenvalue weighted by Gasteiger charge is -2.34. The summed E-state index contributed by atoms with van der Waals surface area (Å²) in [4.78, 5) is 26.9. The van der Waals surface area contributed by atoms with Gasteiger partial charge in [0.2, 0.25) is 11.8 Å². The molecule has 1 atom stereocenters. The summed E-state index contributed by atoms with van der Waals surface area (Å²) in [6.07, 6.45) is 0. The fourth-order valence-corrected chi connectivity index (χ4v) is 1.96. The monoisotopic (exact) mass is 256 g/mol. The van der Waals surface area contributed by atoms with Crippen molar-refractivity contribution in [3.63, 3.8) is 0 Å². The maximum Gasteiger partial charge on any atom is 0.241 e. The maximum absolute atomic E-state index is 12.3. The molecule has 1 fully saturated rings. The zero-order valence-corrected chi connectivity index (χ0v) is 11.0. The highest BCUT2D eigenvalue weighted by atomic mass is 16.4. The molecule has 0 spiro atoms. The van der Waals surface area contributed by atoms with Gasteiger partial charge in [0.1, 0.15) is 5.92 Å². The van der Waals surface area contributed by atoms with Gasteiger partial charge in [0.25, 0.3) is 0 Å². The molecule has 7 heteroatoms. The summed E-state index contributed by atoms with van der Waals surface area (Å²) in [5.74, 6) is -1.26. The molecule has 18 heavy (non-hydrogen) atoms. The largest absolute Gasteiger partial charge is 0.409 e. The number of hydrogen-bond acceptors (Lipinski definition) is 4. The second kappa shape index (κ2) is 5.70. The van der Waals surface area contributed by atoms with Crippen molar-refractivity contribution in [3.05, 3.63) is 0 Å². The third-order valence-corrected chi connectivity index (χ3v) is 3.14. The average Bonchev–Trinajstić information content (AvgIpc) is 2.32. The molecule has 1 heterocycles. The fourth-order valence-electron chi connectivity index (χ4n) is 1.96. The molecule has 1 rings (SSSR count). The van der Waals surface area contributed by atoms with E-state index < -0.39 is 5.92 Å². The summed E-state index contributed by atoms with van der Waals surface area (Å²) in [5.41, 5.74) is 5.54. The zero-order chi connectivity index (χ0) is 13.9. The van der Waals surface area contributed by atoms with Crippen molar-refractivity contribution in [2.45, 2.75) is 13.8 Å². The van der Waals surface area contributed by atoms with E-state index >= 15 is 0 Å². The van der Waals surface area contributed by atoms with Gasteiger partial charge >= 0.3 is 0 Å². The van der Waals surface area contributed by atoms with Crippen LogP contribution < -0.4 is 5.73 Å².